The number of ether oxygens (including phenoxy) is 1. The van der Waals surface area contributed by atoms with Gasteiger partial charge in [0.05, 0.1) is 30.0 Å². The van der Waals surface area contributed by atoms with E-state index in [0.29, 0.717) is 22.6 Å². The molecule has 0 radical (unpaired) electrons. The summed E-state index contributed by atoms with van der Waals surface area (Å²) < 4.78 is 11.1. The fourth-order valence-electron chi connectivity index (χ4n) is 4.63. The van der Waals surface area contributed by atoms with E-state index >= 15 is 0 Å². The normalized spacial score (nSPS) is 17.5. The van der Waals surface area contributed by atoms with Crippen molar-refractivity contribution in [2.75, 3.05) is 12.0 Å². The highest BCUT2D eigenvalue weighted by Gasteiger charge is 2.49. The third-order valence-electron chi connectivity index (χ3n) is 6.70. The average molecular weight is 486 g/mol. The van der Waals surface area contributed by atoms with Crippen LogP contribution in [0.25, 0.3) is 16.8 Å². The van der Waals surface area contributed by atoms with Gasteiger partial charge in [-0.25, -0.2) is 4.98 Å². The van der Waals surface area contributed by atoms with E-state index in [9.17, 15) is 14.7 Å². The van der Waals surface area contributed by atoms with Crippen LogP contribution in [0.4, 0.5) is 5.95 Å². The van der Waals surface area contributed by atoms with Crippen molar-refractivity contribution in [3.05, 3.63) is 82.3 Å². The Kier molecular flexibility index (Phi) is 5.67. The largest absolute Gasteiger partial charge is 0.507 e. The minimum absolute atomic E-state index is 0.0670. The van der Waals surface area contributed by atoms with Crippen molar-refractivity contribution in [1.82, 2.24) is 9.97 Å². The van der Waals surface area contributed by atoms with Crippen molar-refractivity contribution in [1.29, 1.82) is 0 Å². The van der Waals surface area contributed by atoms with Gasteiger partial charge >= 0.3 is 5.91 Å². The Morgan fingerprint density at radius 3 is 2.56 bits per heavy atom. The van der Waals surface area contributed by atoms with Crippen LogP contribution in [0, 0.1) is 13.8 Å². The fraction of sp³-hybridized carbons (Fsp3) is 0.250. The summed E-state index contributed by atoms with van der Waals surface area (Å²) in [6.45, 7) is 7.99. The monoisotopic (exact) mass is 485 g/mol. The SMILES string of the molecule is COc1ccc(/C(O)=C2\C(=O)C(=O)N(c3nc4cc(C)c(C)cc4[nH]3)C2c2ccco2)cc1C(C)C. The number of methoxy groups -OCH3 is 1. The van der Waals surface area contributed by atoms with Gasteiger partial charge in [-0.15, -0.1) is 0 Å². The van der Waals surface area contributed by atoms with Gasteiger partial charge in [0.1, 0.15) is 23.3 Å². The second-order valence-electron chi connectivity index (χ2n) is 9.31. The Morgan fingerprint density at radius 2 is 1.89 bits per heavy atom. The molecule has 1 amide bonds. The number of rotatable bonds is 5. The number of Topliss-reactive ketones (excluding diaryl/α,β-unsaturated/α-hetero) is 1. The number of benzene rings is 2. The summed E-state index contributed by atoms with van der Waals surface area (Å²) in [6, 6.07) is 11.4. The van der Waals surface area contributed by atoms with E-state index in [1.165, 1.54) is 11.2 Å². The maximum Gasteiger partial charge on any atom is 0.302 e. The lowest BCUT2D eigenvalue weighted by Gasteiger charge is -2.21. The molecule has 1 saturated heterocycles. The number of amides is 1. The molecule has 0 aliphatic carbocycles. The summed E-state index contributed by atoms with van der Waals surface area (Å²) in [4.78, 5) is 35.7. The lowest BCUT2D eigenvalue weighted by molar-refractivity contribution is -0.132. The van der Waals surface area contributed by atoms with Crippen LogP contribution in [0.3, 0.4) is 0 Å². The predicted octanol–water partition coefficient (Wildman–Crippen LogP) is 5.53. The maximum absolute atomic E-state index is 13.4. The second kappa shape index (κ2) is 8.71. The van der Waals surface area contributed by atoms with Crippen LogP contribution < -0.4 is 9.64 Å². The molecule has 184 valence electrons. The second-order valence-corrected chi connectivity index (χ2v) is 9.31. The summed E-state index contributed by atoms with van der Waals surface area (Å²) >= 11 is 0. The van der Waals surface area contributed by atoms with E-state index < -0.39 is 17.7 Å². The molecule has 0 bridgehead atoms. The van der Waals surface area contributed by atoms with Crippen molar-refractivity contribution in [3.63, 3.8) is 0 Å². The summed E-state index contributed by atoms with van der Waals surface area (Å²) in [7, 11) is 1.58. The van der Waals surface area contributed by atoms with Crippen molar-refractivity contribution in [2.45, 2.75) is 39.7 Å². The van der Waals surface area contributed by atoms with Gasteiger partial charge in [-0.2, -0.15) is 0 Å². The quantitative estimate of drug-likeness (QED) is 0.219. The molecule has 1 aliphatic rings. The Morgan fingerprint density at radius 1 is 1.14 bits per heavy atom. The predicted molar refractivity (Wildman–Crippen MR) is 136 cm³/mol. The number of furan rings is 1. The fourth-order valence-corrected chi connectivity index (χ4v) is 4.63. The van der Waals surface area contributed by atoms with Crippen LogP contribution in [0.15, 0.2) is 58.7 Å². The molecular formula is C28H27N3O5. The molecule has 36 heavy (non-hydrogen) atoms. The van der Waals surface area contributed by atoms with Gasteiger partial charge in [0.15, 0.2) is 0 Å². The number of ketones is 1. The van der Waals surface area contributed by atoms with E-state index in [4.69, 9.17) is 9.15 Å². The number of carbonyl (C=O) groups is 2. The van der Waals surface area contributed by atoms with E-state index in [0.717, 1.165) is 22.2 Å². The Hall–Kier alpha value is -4.33. The van der Waals surface area contributed by atoms with Crippen LogP contribution in [0.1, 0.15) is 53.8 Å². The van der Waals surface area contributed by atoms with Gasteiger partial charge < -0.3 is 19.2 Å². The first-order valence-electron chi connectivity index (χ1n) is 11.7. The Balaban J connectivity index is 1.70. The average Bonchev–Trinajstić information content (AvgIpc) is 3.57. The maximum atomic E-state index is 13.4. The van der Waals surface area contributed by atoms with Crippen molar-refractivity contribution >= 4 is 34.4 Å². The molecule has 8 heteroatoms. The smallest absolute Gasteiger partial charge is 0.302 e. The summed E-state index contributed by atoms with van der Waals surface area (Å²) in [6.07, 6.45) is 1.46. The van der Waals surface area contributed by atoms with Crippen molar-refractivity contribution in [2.24, 2.45) is 0 Å². The number of aliphatic hydroxyl groups is 1. The topological polar surface area (TPSA) is 109 Å². The lowest BCUT2D eigenvalue weighted by Crippen LogP contribution is -2.30. The number of nitrogens with one attached hydrogen (secondary N) is 1. The Bertz CT molecular complexity index is 1490. The van der Waals surface area contributed by atoms with Gasteiger partial charge in [0.25, 0.3) is 5.78 Å². The number of imidazole rings is 1. The first kappa shape index (κ1) is 23.4. The third kappa shape index (κ3) is 3.66. The molecule has 2 N–H and O–H groups in total. The third-order valence-corrected chi connectivity index (χ3v) is 6.70. The van der Waals surface area contributed by atoms with Crippen LogP contribution >= 0.6 is 0 Å². The number of aromatic nitrogens is 2. The first-order valence-corrected chi connectivity index (χ1v) is 11.7. The molecule has 5 rings (SSSR count). The van der Waals surface area contributed by atoms with Gasteiger partial charge in [-0.05, 0) is 78.9 Å². The van der Waals surface area contributed by atoms with Gasteiger partial charge in [0.2, 0.25) is 5.95 Å². The molecule has 2 aromatic heterocycles. The minimum atomic E-state index is -0.993. The molecule has 2 aromatic carbocycles. The number of fused-ring (bicyclic) bond motifs is 1. The van der Waals surface area contributed by atoms with Gasteiger partial charge in [0, 0.05) is 5.56 Å². The molecule has 0 saturated carbocycles. The van der Waals surface area contributed by atoms with Crippen LogP contribution in [-0.2, 0) is 9.59 Å². The number of H-pyrrole nitrogens is 1. The minimum Gasteiger partial charge on any atom is -0.507 e. The Labute approximate surface area is 208 Å². The number of carbonyl (C=O) groups excluding carboxylic acids is 2. The van der Waals surface area contributed by atoms with Crippen molar-refractivity contribution < 1.29 is 23.8 Å². The molecule has 0 spiro atoms. The molecular weight excluding hydrogens is 458 g/mol. The van der Waals surface area contributed by atoms with Crippen LogP contribution in [0.2, 0.25) is 0 Å². The van der Waals surface area contributed by atoms with Crippen LogP contribution in [-0.4, -0.2) is 33.9 Å². The number of anilines is 1. The molecule has 1 atom stereocenters. The molecule has 3 heterocycles. The molecule has 4 aromatic rings. The summed E-state index contributed by atoms with van der Waals surface area (Å²) in [5.74, 6) is -0.580. The zero-order valence-electron chi connectivity index (χ0n) is 20.7. The highest BCUT2D eigenvalue weighted by molar-refractivity contribution is 6.51. The molecule has 8 nitrogen and oxygen atoms in total. The number of aliphatic hydroxyl groups excluding tert-OH is 1. The number of hydrogen-bond donors (Lipinski definition) is 2. The number of nitrogens with zero attached hydrogens (tertiary/aromatic N) is 2. The molecule has 1 unspecified atom stereocenters. The van der Waals surface area contributed by atoms with E-state index in [2.05, 4.69) is 9.97 Å². The molecule has 1 aliphatic heterocycles. The van der Waals surface area contributed by atoms with E-state index in [-0.39, 0.29) is 23.2 Å². The van der Waals surface area contributed by atoms with Gasteiger partial charge in [-0.3, -0.25) is 14.5 Å². The number of hydrogen-bond acceptors (Lipinski definition) is 6. The lowest BCUT2D eigenvalue weighted by atomic mass is 9.95. The highest BCUT2D eigenvalue weighted by atomic mass is 16.5. The number of aryl methyl sites for hydroxylation is 2. The van der Waals surface area contributed by atoms with Crippen LogP contribution in [0.5, 0.6) is 5.75 Å². The zero-order chi connectivity index (χ0) is 25.7. The number of aromatic amines is 1. The molecule has 1 fully saturated rings. The summed E-state index contributed by atoms with van der Waals surface area (Å²) in [5, 5.41) is 11.4. The highest BCUT2D eigenvalue weighted by Crippen LogP contribution is 2.42. The zero-order valence-corrected chi connectivity index (χ0v) is 20.7. The van der Waals surface area contributed by atoms with Crippen molar-refractivity contribution in [3.8, 4) is 5.75 Å². The van der Waals surface area contributed by atoms with E-state index in [1.807, 2.05) is 39.8 Å². The standard InChI is InChI=1S/C28H27N3O5/c1-14(2)18-13-17(8-9-21(18)35-5)25(32)23-24(22-7-6-10-36-22)31(27(34)26(23)33)28-29-19-11-15(3)16(4)12-20(19)30-28/h6-14,24,32H,1-5H3,(H,29,30)/b25-23+. The first-order chi connectivity index (χ1) is 17.2. The van der Waals surface area contributed by atoms with E-state index in [1.54, 1.807) is 37.4 Å². The summed E-state index contributed by atoms with van der Waals surface area (Å²) in [5.41, 5.74) is 4.75. The van der Waals surface area contributed by atoms with Gasteiger partial charge in [-0.1, -0.05) is 13.8 Å².